The molecule has 108 valence electrons. The number of nitrogens with zero attached hydrogens (tertiary/aromatic N) is 3. The number of fused-ring (bicyclic) bond motifs is 1. The maximum absolute atomic E-state index is 12.2. The van der Waals surface area contributed by atoms with E-state index in [1.54, 1.807) is 17.1 Å². The van der Waals surface area contributed by atoms with E-state index in [2.05, 4.69) is 5.10 Å². The van der Waals surface area contributed by atoms with Crippen LogP contribution in [0.1, 0.15) is 10.4 Å². The zero-order chi connectivity index (χ0) is 15.5. The second-order valence-corrected chi connectivity index (χ2v) is 4.83. The van der Waals surface area contributed by atoms with Gasteiger partial charge in [-0.05, 0) is 23.3 Å². The number of Topliss-reactive ketones (excluding diaryl/α,β-unsaturated/α-hetero) is 1. The first-order valence-corrected chi connectivity index (χ1v) is 6.66. The van der Waals surface area contributed by atoms with Crippen LogP contribution in [0, 0.1) is 10.1 Å². The fraction of sp³-hybridized carbons (Fsp3) is 0.0625. The van der Waals surface area contributed by atoms with Gasteiger partial charge in [0.1, 0.15) is 6.20 Å². The van der Waals surface area contributed by atoms with E-state index in [9.17, 15) is 14.9 Å². The van der Waals surface area contributed by atoms with Crippen molar-refractivity contribution in [3.8, 4) is 0 Å². The van der Waals surface area contributed by atoms with Gasteiger partial charge in [0.15, 0.2) is 0 Å². The largest absolute Gasteiger partial charge is 0.287 e. The van der Waals surface area contributed by atoms with Crippen molar-refractivity contribution in [2.75, 3.05) is 0 Å². The number of benzene rings is 2. The number of hydrogen-bond acceptors (Lipinski definition) is 4. The molecule has 3 rings (SSSR count). The molecule has 22 heavy (non-hydrogen) atoms. The van der Waals surface area contributed by atoms with Gasteiger partial charge in [0.25, 0.3) is 5.69 Å². The first kappa shape index (κ1) is 13.8. The number of aromatic nitrogens is 2. The Morgan fingerprint density at radius 1 is 1.09 bits per heavy atom. The highest BCUT2D eigenvalue weighted by Gasteiger charge is 2.15. The highest BCUT2D eigenvalue weighted by molar-refractivity contribution is 5.95. The molecular formula is C16H12N3O3+. The number of nitro groups is 1. The molecule has 0 saturated heterocycles. The van der Waals surface area contributed by atoms with Gasteiger partial charge in [-0.15, -0.1) is 0 Å². The summed E-state index contributed by atoms with van der Waals surface area (Å²) in [6, 6.07) is 13.3. The molecule has 0 atom stereocenters. The predicted octanol–water partition coefficient (Wildman–Crippen LogP) is 2.31. The monoisotopic (exact) mass is 294 g/mol. The van der Waals surface area contributed by atoms with Crippen LogP contribution in [0.15, 0.2) is 60.9 Å². The molecule has 3 aromatic rings. The molecule has 0 bridgehead atoms. The van der Waals surface area contributed by atoms with Crippen molar-refractivity contribution < 1.29 is 14.4 Å². The van der Waals surface area contributed by atoms with Crippen LogP contribution in [0.25, 0.3) is 10.8 Å². The Morgan fingerprint density at radius 2 is 1.77 bits per heavy atom. The maximum atomic E-state index is 12.2. The fourth-order valence-corrected chi connectivity index (χ4v) is 2.17. The molecular weight excluding hydrogens is 282 g/mol. The molecule has 0 unspecified atom stereocenters. The van der Waals surface area contributed by atoms with Crippen LogP contribution < -0.4 is 4.68 Å². The van der Waals surface area contributed by atoms with Gasteiger partial charge in [-0.3, -0.25) is 14.9 Å². The summed E-state index contributed by atoms with van der Waals surface area (Å²) in [6.45, 7) is 0.0860. The van der Waals surface area contributed by atoms with Crippen molar-refractivity contribution in [3.63, 3.8) is 0 Å². The average molecular weight is 294 g/mol. The smallest absolute Gasteiger partial charge is 0.269 e. The van der Waals surface area contributed by atoms with Crippen molar-refractivity contribution in [3.05, 3.63) is 76.6 Å². The minimum absolute atomic E-state index is 0.0342. The van der Waals surface area contributed by atoms with Crippen LogP contribution in [0.5, 0.6) is 0 Å². The van der Waals surface area contributed by atoms with Gasteiger partial charge in [0, 0.05) is 28.5 Å². The average Bonchev–Trinajstić information content (AvgIpc) is 2.55. The van der Waals surface area contributed by atoms with E-state index < -0.39 is 4.92 Å². The fourth-order valence-electron chi connectivity index (χ4n) is 2.17. The molecule has 0 radical (unpaired) electrons. The Balaban J connectivity index is 1.81. The quantitative estimate of drug-likeness (QED) is 0.320. The van der Waals surface area contributed by atoms with Crippen molar-refractivity contribution >= 4 is 22.2 Å². The van der Waals surface area contributed by atoms with Crippen LogP contribution in [-0.4, -0.2) is 15.8 Å². The standard InChI is InChI=1S/C16H12N3O3/c20-16(12-5-7-15(8-6-12)19(21)22)11-18-10-14-4-2-1-3-13(14)9-17-18/h1-10H,11H2/q+1. The summed E-state index contributed by atoms with van der Waals surface area (Å²) >= 11 is 0. The maximum Gasteiger partial charge on any atom is 0.269 e. The van der Waals surface area contributed by atoms with Crippen LogP contribution in [0.4, 0.5) is 5.69 Å². The summed E-state index contributed by atoms with van der Waals surface area (Å²) in [4.78, 5) is 22.3. The van der Waals surface area contributed by atoms with E-state index in [1.165, 1.54) is 24.3 Å². The Hall–Kier alpha value is -3.15. The number of rotatable bonds is 4. The summed E-state index contributed by atoms with van der Waals surface area (Å²) in [6.07, 6.45) is 3.51. The number of non-ortho nitro benzene ring substituents is 1. The van der Waals surface area contributed by atoms with Crippen LogP contribution in [-0.2, 0) is 6.54 Å². The normalized spacial score (nSPS) is 10.5. The van der Waals surface area contributed by atoms with Gasteiger partial charge in [0.2, 0.25) is 18.5 Å². The number of carbonyl (C=O) groups is 1. The molecule has 0 saturated carbocycles. The van der Waals surface area contributed by atoms with Crippen molar-refractivity contribution in [1.82, 2.24) is 5.10 Å². The molecule has 1 aromatic heterocycles. The van der Waals surface area contributed by atoms with Gasteiger partial charge >= 0.3 is 0 Å². The molecule has 6 heteroatoms. The zero-order valence-corrected chi connectivity index (χ0v) is 11.5. The number of ketones is 1. The lowest BCUT2D eigenvalue weighted by Crippen LogP contribution is -2.41. The Labute approximate surface area is 125 Å². The lowest BCUT2D eigenvalue weighted by Gasteiger charge is -1.98. The van der Waals surface area contributed by atoms with E-state index in [-0.39, 0.29) is 18.0 Å². The summed E-state index contributed by atoms with van der Waals surface area (Å²) in [5, 5.41) is 16.8. The SMILES string of the molecule is O=C(C[n+]1cc2ccccc2cn1)c1ccc([N+](=O)[O-])cc1. The van der Waals surface area contributed by atoms with Gasteiger partial charge in [-0.1, -0.05) is 22.9 Å². The van der Waals surface area contributed by atoms with Crippen LogP contribution in [0.3, 0.4) is 0 Å². The van der Waals surface area contributed by atoms with E-state index in [0.717, 1.165) is 10.8 Å². The Bertz CT molecular complexity index is 860. The summed E-state index contributed by atoms with van der Waals surface area (Å²) < 4.78 is 1.56. The first-order chi connectivity index (χ1) is 10.6. The summed E-state index contributed by atoms with van der Waals surface area (Å²) in [5.74, 6) is -0.150. The highest BCUT2D eigenvalue weighted by atomic mass is 16.6. The number of nitro benzene ring substituents is 1. The molecule has 0 aliphatic heterocycles. The summed E-state index contributed by atoms with van der Waals surface area (Å²) in [7, 11) is 0. The first-order valence-electron chi connectivity index (χ1n) is 6.66. The van der Waals surface area contributed by atoms with Gasteiger partial charge in [-0.25, -0.2) is 0 Å². The van der Waals surface area contributed by atoms with Crippen LogP contribution in [0.2, 0.25) is 0 Å². The van der Waals surface area contributed by atoms with E-state index in [4.69, 9.17) is 0 Å². The molecule has 1 heterocycles. The van der Waals surface area contributed by atoms with Crippen molar-refractivity contribution in [2.24, 2.45) is 0 Å². The number of hydrogen-bond donors (Lipinski definition) is 0. The molecule has 0 N–H and O–H groups in total. The molecule has 0 amide bonds. The minimum Gasteiger partial charge on any atom is -0.287 e. The van der Waals surface area contributed by atoms with E-state index in [0.29, 0.717) is 5.56 Å². The molecule has 0 aliphatic carbocycles. The molecule has 0 aliphatic rings. The second kappa shape index (κ2) is 5.69. The molecule has 6 nitrogen and oxygen atoms in total. The number of carbonyl (C=O) groups excluding carboxylic acids is 1. The zero-order valence-electron chi connectivity index (χ0n) is 11.5. The Morgan fingerprint density at radius 3 is 2.45 bits per heavy atom. The third-order valence-corrected chi connectivity index (χ3v) is 3.33. The predicted molar refractivity (Wildman–Crippen MR) is 79.4 cm³/mol. The lowest BCUT2D eigenvalue weighted by atomic mass is 10.1. The van der Waals surface area contributed by atoms with Gasteiger partial charge < -0.3 is 0 Å². The lowest BCUT2D eigenvalue weighted by molar-refractivity contribution is -0.740. The van der Waals surface area contributed by atoms with Crippen LogP contribution >= 0.6 is 0 Å². The summed E-state index contributed by atoms with van der Waals surface area (Å²) in [5.41, 5.74) is 0.390. The Kier molecular flexibility index (Phi) is 3.57. The van der Waals surface area contributed by atoms with E-state index in [1.807, 2.05) is 24.3 Å². The molecule has 0 spiro atoms. The third-order valence-electron chi connectivity index (χ3n) is 3.33. The highest BCUT2D eigenvalue weighted by Crippen LogP contribution is 2.12. The third kappa shape index (κ3) is 2.80. The van der Waals surface area contributed by atoms with Gasteiger partial charge in [-0.2, -0.15) is 0 Å². The van der Waals surface area contributed by atoms with Gasteiger partial charge in [0.05, 0.1) is 4.92 Å². The second-order valence-electron chi connectivity index (χ2n) is 4.83. The van der Waals surface area contributed by atoms with Crippen molar-refractivity contribution in [1.29, 1.82) is 0 Å². The molecule has 0 fully saturated rings. The minimum atomic E-state index is -0.492. The van der Waals surface area contributed by atoms with Crippen molar-refractivity contribution in [2.45, 2.75) is 6.54 Å². The topological polar surface area (TPSA) is 77.0 Å². The van der Waals surface area contributed by atoms with E-state index >= 15 is 0 Å². The molecule has 2 aromatic carbocycles.